The third kappa shape index (κ3) is 4.16. The summed E-state index contributed by atoms with van der Waals surface area (Å²) in [6.45, 7) is 0.917. The molecule has 5 rings (SSSR count). The Morgan fingerprint density at radius 3 is 2.53 bits per heavy atom. The van der Waals surface area contributed by atoms with E-state index in [-0.39, 0.29) is 24.3 Å². The van der Waals surface area contributed by atoms with Gasteiger partial charge in [0.2, 0.25) is 5.95 Å². The Bertz CT molecular complexity index is 1150. The van der Waals surface area contributed by atoms with E-state index in [0.29, 0.717) is 41.4 Å². The van der Waals surface area contributed by atoms with Crippen molar-refractivity contribution < 1.29 is 9.47 Å². The molecule has 4 unspecified atom stereocenters. The Balaban J connectivity index is 1.24. The minimum atomic E-state index is -0.174. The van der Waals surface area contributed by atoms with Gasteiger partial charge in [-0.3, -0.25) is 4.68 Å². The number of pyridine rings is 1. The summed E-state index contributed by atoms with van der Waals surface area (Å²) in [6, 6.07) is 5.36. The molecule has 2 aliphatic rings. The van der Waals surface area contributed by atoms with Crippen molar-refractivity contribution in [2.75, 3.05) is 29.2 Å². The predicted molar refractivity (Wildman–Crippen MR) is 117 cm³/mol. The van der Waals surface area contributed by atoms with Gasteiger partial charge in [0.15, 0.2) is 5.82 Å². The van der Waals surface area contributed by atoms with E-state index in [1.165, 1.54) is 6.20 Å². The van der Waals surface area contributed by atoms with E-state index in [2.05, 4.69) is 42.1 Å². The Morgan fingerprint density at radius 1 is 1.09 bits per heavy atom. The molecule has 0 saturated carbocycles. The molecule has 3 aromatic rings. The van der Waals surface area contributed by atoms with Gasteiger partial charge in [-0.15, -0.1) is 0 Å². The molecule has 32 heavy (non-hydrogen) atoms. The summed E-state index contributed by atoms with van der Waals surface area (Å²) in [5.74, 6) is 1.57. The Kier molecular flexibility index (Phi) is 5.48. The van der Waals surface area contributed by atoms with Gasteiger partial charge in [0.05, 0.1) is 48.9 Å². The SMILES string of the molecule is Cn1cc(Nc2ncc(Cl)c(NC3COC4C(Nc5ccc(C#N)cn5)COC34)n2)cn1. The number of anilines is 4. The van der Waals surface area contributed by atoms with Gasteiger partial charge in [-0.05, 0) is 12.1 Å². The molecule has 3 N–H and O–H groups in total. The van der Waals surface area contributed by atoms with Gasteiger partial charge < -0.3 is 25.4 Å². The van der Waals surface area contributed by atoms with Crippen molar-refractivity contribution >= 4 is 34.9 Å². The van der Waals surface area contributed by atoms with E-state index in [1.54, 1.807) is 29.2 Å². The molecular weight excluding hydrogens is 434 g/mol. The average Bonchev–Trinajstić information content (AvgIpc) is 3.50. The quantitative estimate of drug-likeness (QED) is 0.508. The largest absolute Gasteiger partial charge is 0.371 e. The van der Waals surface area contributed by atoms with E-state index >= 15 is 0 Å². The van der Waals surface area contributed by atoms with Crippen molar-refractivity contribution in [3.63, 3.8) is 0 Å². The molecule has 0 aromatic carbocycles. The van der Waals surface area contributed by atoms with Crippen LogP contribution in [-0.4, -0.2) is 62.2 Å². The van der Waals surface area contributed by atoms with Crippen molar-refractivity contribution in [3.8, 4) is 6.07 Å². The molecule has 0 bridgehead atoms. The van der Waals surface area contributed by atoms with Crippen molar-refractivity contribution in [3.05, 3.63) is 47.5 Å². The van der Waals surface area contributed by atoms with Crippen molar-refractivity contribution in [1.82, 2.24) is 24.7 Å². The van der Waals surface area contributed by atoms with Crippen LogP contribution in [0.3, 0.4) is 0 Å². The highest BCUT2D eigenvalue weighted by Crippen LogP contribution is 2.32. The fourth-order valence-corrected chi connectivity index (χ4v) is 3.95. The lowest BCUT2D eigenvalue weighted by Crippen LogP contribution is -2.38. The standard InChI is InChI=1S/C20H20ClN9O2/c1-30-8-12(6-25-30)26-20-24-7-13(21)19(29-20)28-15-10-32-17-14(9-31-18(15)17)27-16-3-2-11(4-22)5-23-16/h2-3,5-8,14-15,17-18H,9-10H2,1H3,(H,23,27)(H2,24,26,28,29). The molecule has 2 aliphatic heterocycles. The number of nitrogens with zero attached hydrogens (tertiary/aromatic N) is 6. The number of aromatic nitrogens is 5. The van der Waals surface area contributed by atoms with E-state index in [4.69, 9.17) is 26.3 Å². The van der Waals surface area contributed by atoms with Crippen LogP contribution in [-0.2, 0) is 16.5 Å². The van der Waals surface area contributed by atoms with Crippen LogP contribution in [0, 0.1) is 11.3 Å². The molecule has 2 fully saturated rings. The number of hydrogen-bond acceptors (Lipinski definition) is 10. The first-order valence-electron chi connectivity index (χ1n) is 10.00. The minimum absolute atomic E-state index is 0.0593. The first-order valence-corrected chi connectivity index (χ1v) is 10.4. The number of rotatable bonds is 6. The maximum atomic E-state index is 8.91. The van der Waals surface area contributed by atoms with E-state index in [0.717, 1.165) is 5.69 Å². The number of hydrogen-bond donors (Lipinski definition) is 3. The van der Waals surface area contributed by atoms with Gasteiger partial charge in [0, 0.05) is 19.4 Å². The molecule has 2 saturated heterocycles. The Morgan fingerprint density at radius 2 is 1.88 bits per heavy atom. The third-order valence-corrected chi connectivity index (χ3v) is 5.58. The molecule has 0 spiro atoms. The number of aryl methyl sites for hydroxylation is 1. The van der Waals surface area contributed by atoms with Gasteiger partial charge in [-0.1, -0.05) is 11.6 Å². The fourth-order valence-electron chi connectivity index (χ4n) is 3.80. The Hall–Kier alpha value is -3.46. The lowest BCUT2D eigenvalue weighted by molar-refractivity contribution is 0.0707. The molecular formula is C20H20ClN9O2. The van der Waals surface area contributed by atoms with Crippen molar-refractivity contribution in [1.29, 1.82) is 5.26 Å². The zero-order chi connectivity index (χ0) is 22.1. The third-order valence-electron chi connectivity index (χ3n) is 5.31. The number of fused-ring (bicyclic) bond motifs is 1. The molecule has 0 amide bonds. The predicted octanol–water partition coefficient (Wildman–Crippen LogP) is 1.93. The summed E-state index contributed by atoms with van der Waals surface area (Å²) < 4.78 is 13.7. The zero-order valence-corrected chi connectivity index (χ0v) is 17.8. The summed E-state index contributed by atoms with van der Waals surface area (Å²) in [4.78, 5) is 13.0. The topological polar surface area (TPSA) is 135 Å². The number of ether oxygens (including phenoxy) is 2. The van der Waals surface area contributed by atoms with Gasteiger partial charge in [-0.2, -0.15) is 15.3 Å². The van der Waals surface area contributed by atoms with Crippen molar-refractivity contribution in [2.45, 2.75) is 24.3 Å². The second-order valence-electron chi connectivity index (χ2n) is 7.56. The minimum Gasteiger partial charge on any atom is -0.371 e. The van der Waals surface area contributed by atoms with E-state index in [9.17, 15) is 0 Å². The lowest BCUT2D eigenvalue weighted by atomic mass is 10.1. The molecule has 5 heterocycles. The van der Waals surface area contributed by atoms with Crippen LogP contribution in [0.25, 0.3) is 0 Å². The van der Waals surface area contributed by atoms with Gasteiger partial charge >= 0.3 is 0 Å². The zero-order valence-electron chi connectivity index (χ0n) is 17.1. The van der Waals surface area contributed by atoms with Crippen LogP contribution in [0.1, 0.15) is 5.56 Å². The molecule has 11 nitrogen and oxygen atoms in total. The van der Waals surface area contributed by atoms with Crippen LogP contribution in [0.2, 0.25) is 5.02 Å². The summed E-state index contributed by atoms with van der Waals surface area (Å²) in [7, 11) is 1.83. The summed E-state index contributed by atoms with van der Waals surface area (Å²) in [6.07, 6.45) is 6.25. The van der Waals surface area contributed by atoms with E-state index < -0.39 is 0 Å². The van der Waals surface area contributed by atoms with E-state index in [1.807, 2.05) is 13.2 Å². The normalized spacial score (nSPS) is 24.0. The van der Waals surface area contributed by atoms with Crippen LogP contribution in [0.4, 0.5) is 23.3 Å². The smallest absolute Gasteiger partial charge is 0.229 e. The van der Waals surface area contributed by atoms with Gasteiger partial charge in [-0.25, -0.2) is 9.97 Å². The average molecular weight is 454 g/mol. The van der Waals surface area contributed by atoms with Crippen LogP contribution < -0.4 is 16.0 Å². The second-order valence-corrected chi connectivity index (χ2v) is 7.97. The van der Waals surface area contributed by atoms with Gasteiger partial charge in [0.25, 0.3) is 0 Å². The second kappa shape index (κ2) is 8.58. The molecule has 0 aliphatic carbocycles. The molecule has 3 aromatic heterocycles. The van der Waals surface area contributed by atoms with Crippen LogP contribution in [0.5, 0.6) is 0 Å². The first-order chi connectivity index (χ1) is 15.6. The maximum Gasteiger partial charge on any atom is 0.229 e. The lowest BCUT2D eigenvalue weighted by Gasteiger charge is -2.19. The fraction of sp³-hybridized carbons (Fsp3) is 0.350. The molecule has 12 heteroatoms. The number of nitriles is 1. The van der Waals surface area contributed by atoms with Crippen LogP contribution >= 0.6 is 11.6 Å². The highest BCUT2D eigenvalue weighted by molar-refractivity contribution is 6.32. The monoisotopic (exact) mass is 453 g/mol. The highest BCUT2D eigenvalue weighted by Gasteiger charge is 2.48. The maximum absolute atomic E-state index is 8.91. The molecule has 164 valence electrons. The summed E-state index contributed by atoms with van der Waals surface area (Å²) in [5.41, 5.74) is 1.28. The number of nitrogens with one attached hydrogen (secondary N) is 3. The Labute approximate surface area is 188 Å². The van der Waals surface area contributed by atoms with Crippen molar-refractivity contribution in [2.24, 2.45) is 7.05 Å². The van der Waals surface area contributed by atoms with Gasteiger partial charge in [0.1, 0.15) is 29.1 Å². The summed E-state index contributed by atoms with van der Waals surface area (Å²) >= 11 is 6.33. The van der Waals surface area contributed by atoms with Crippen LogP contribution in [0.15, 0.2) is 36.9 Å². The highest BCUT2D eigenvalue weighted by atomic mass is 35.5. The first kappa shape index (κ1) is 20.4. The summed E-state index contributed by atoms with van der Waals surface area (Å²) in [5, 5.41) is 23.2. The molecule has 4 atom stereocenters. The molecule has 0 radical (unpaired) electrons. The number of halogens is 1.